The molecule has 1 unspecified atom stereocenters. The fourth-order valence-corrected chi connectivity index (χ4v) is 4.45. The summed E-state index contributed by atoms with van der Waals surface area (Å²) < 4.78 is 11.2. The van der Waals surface area contributed by atoms with E-state index in [1.54, 1.807) is 24.6 Å². The van der Waals surface area contributed by atoms with Crippen LogP contribution in [-0.2, 0) is 11.3 Å². The molecule has 1 saturated heterocycles. The number of hydrogen-bond donors (Lipinski definition) is 2. The summed E-state index contributed by atoms with van der Waals surface area (Å²) >= 11 is 1.79. The third-order valence-electron chi connectivity index (χ3n) is 5.33. The summed E-state index contributed by atoms with van der Waals surface area (Å²) in [5.74, 6) is 1.37. The van der Waals surface area contributed by atoms with Crippen LogP contribution >= 0.6 is 11.3 Å². The van der Waals surface area contributed by atoms with Gasteiger partial charge in [-0.1, -0.05) is 23.8 Å². The number of thiophene rings is 1. The van der Waals surface area contributed by atoms with E-state index in [0.717, 1.165) is 50.1 Å². The van der Waals surface area contributed by atoms with E-state index in [1.807, 2.05) is 12.1 Å². The van der Waals surface area contributed by atoms with Crippen LogP contribution in [0.1, 0.15) is 22.2 Å². The lowest BCUT2D eigenvalue weighted by molar-refractivity contribution is 0.0177. The average Bonchev–Trinajstić information content (AvgIpc) is 3.50. The van der Waals surface area contributed by atoms with Gasteiger partial charge in [0.25, 0.3) is 0 Å². The monoisotopic (exact) mass is 439 g/mol. The van der Waals surface area contributed by atoms with Crippen LogP contribution in [0.15, 0.2) is 57.5 Å². The minimum absolute atomic E-state index is 0.294. The van der Waals surface area contributed by atoms with Gasteiger partial charge in [-0.3, -0.25) is 9.89 Å². The molecule has 3 heterocycles. The first kappa shape index (κ1) is 21.5. The van der Waals surface area contributed by atoms with Crippen molar-refractivity contribution in [2.24, 2.45) is 4.99 Å². The highest BCUT2D eigenvalue weighted by molar-refractivity contribution is 7.10. The topological polar surface area (TPSA) is 74.9 Å². The molecule has 2 aromatic heterocycles. The number of aryl methyl sites for hydroxylation is 1. The van der Waals surface area contributed by atoms with Gasteiger partial charge in [-0.05, 0) is 30.5 Å². The number of morpholine rings is 1. The Balaban J connectivity index is 1.33. The summed E-state index contributed by atoms with van der Waals surface area (Å²) in [6.07, 6.45) is 1.69. The van der Waals surface area contributed by atoms with Crippen LogP contribution in [0.4, 0.5) is 0 Å². The lowest BCUT2D eigenvalue weighted by atomic mass is 10.1. The number of aromatic nitrogens is 1. The highest BCUT2D eigenvalue weighted by Gasteiger charge is 2.23. The summed E-state index contributed by atoms with van der Waals surface area (Å²) in [6.45, 7) is 6.82. The average molecular weight is 440 g/mol. The Morgan fingerprint density at radius 1 is 1.19 bits per heavy atom. The van der Waals surface area contributed by atoms with E-state index in [1.165, 1.54) is 10.4 Å². The van der Waals surface area contributed by atoms with Gasteiger partial charge >= 0.3 is 0 Å². The quantitative estimate of drug-likeness (QED) is 0.434. The second-order valence-corrected chi connectivity index (χ2v) is 8.48. The molecule has 0 saturated carbocycles. The molecule has 3 aromatic rings. The van der Waals surface area contributed by atoms with Gasteiger partial charge in [-0.2, -0.15) is 0 Å². The maximum atomic E-state index is 5.65. The molecular weight excluding hydrogens is 410 g/mol. The molecule has 1 aliphatic rings. The van der Waals surface area contributed by atoms with E-state index in [9.17, 15) is 0 Å². The number of oxazole rings is 1. The molecule has 164 valence electrons. The normalized spacial score (nSPS) is 16.3. The molecule has 0 amide bonds. The summed E-state index contributed by atoms with van der Waals surface area (Å²) in [6, 6.07) is 12.8. The Kier molecular flexibility index (Phi) is 7.35. The predicted octanol–water partition coefficient (Wildman–Crippen LogP) is 3.45. The van der Waals surface area contributed by atoms with Crippen LogP contribution in [0.2, 0.25) is 0 Å². The van der Waals surface area contributed by atoms with Gasteiger partial charge in [0.15, 0.2) is 5.96 Å². The van der Waals surface area contributed by atoms with Crippen molar-refractivity contribution in [1.29, 1.82) is 0 Å². The van der Waals surface area contributed by atoms with E-state index in [0.29, 0.717) is 18.5 Å². The third-order valence-corrected chi connectivity index (χ3v) is 6.31. The van der Waals surface area contributed by atoms with E-state index in [-0.39, 0.29) is 0 Å². The fraction of sp³-hybridized carbons (Fsp3) is 0.391. The molecule has 1 atom stereocenters. The van der Waals surface area contributed by atoms with Crippen molar-refractivity contribution < 1.29 is 9.15 Å². The second-order valence-electron chi connectivity index (χ2n) is 7.50. The standard InChI is InChI=1S/C23H29N5O2S/c1-17-5-7-18(8-6-17)22-27-19(16-30-22)14-25-23(24-2)26-15-20(21-4-3-13-31-21)28-9-11-29-12-10-28/h3-8,13,16,20H,9-12,14-15H2,1-2H3,(H2,24,25,26). The van der Waals surface area contributed by atoms with Gasteiger partial charge in [0.1, 0.15) is 6.26 Å². The molecule has 4 rings (SSSR count). The largest absolute Gasteiger partial charge is 0.444 e. The van der Waals surface area contributed by atoms with Gasteiger partial charge in [0.2, 0.25) is 5.89 Å². The first-order valence-electron chi connectivity index (χ1n) is 10.5. The van der Waals surface area contributed by atoms with E-state index in [2.05, 4.69) is 62.1 Å². The Hall–Kier alpha value is -2.68. The smallest absolute Gasteiger partial charge is 0.226 e. The fourth-order valence-electron chi connectivity index (χ4n) is 3.58. The van der Waals surface area contributed by atoms with Crippen LogP contribution < -0.4 is 10.6 Å². The SMILES string of the molecule is CN=C(NCc1coc(-c2ccc(C)cc2)n1)NCC(c1cccs1)N1CCOCC1. The van der Waals surface area contributed by atoms with Crippen LogP contribution in [0, 0.1) is 6.92 Å². The molecule has 2 N–H and O–H groups in total. The number of rotatable bonds is 7. The first-order valence-corrected chi connectivity index (χ1v) is 11.4. The van der Waals surface area contributed by atoms with Crippen LogP contribution in [0.3, 0.4) is 0 Å². The molecule has 0 aliphatic carbocycles. The number of aliphatic imine (C=N–C) groups is 1. The number of benzene rings is 1. The summed E-state index contributed by atoms with van der Waals surface area (Å²) in [5.41, 5.74) is 3.02. The molecule has 1 aliphatic heterocycles. The zero-order valence-electron chi connectivity index (χ0n) is 18.0. The zero-order valence-corrected chi connectivity index (χ0v) is 18.8. The third kappa shape index (κ3) is 5.72. The van der Waals surface area contributed by atoms with Gasteiger partial charge in [-0.15, -0.1) is 11.3 Å². The van der Waals surface area contributed by atoms with Crippen molar-refractivity contribution in [2.45, 2.75) is 19.5 Å². The van der Waals surface area contributed by atoms with Gasteiger partial charge in [-0.25, -0.2) is 4.98 Å². The van der Waals surface area contributed by atoms with Crippen molar-refractivity contribution in [3.8, 4) is 11.5 Å². The molecule has 31 heavy (non-hydrogen) atoms. The Morgan fingerprint density at radius 3 is 2.71 bits per heavy atom. The zero-order chi connectivity index (χ0) is 21.5. The number of hydrogen-bond acceptors (Lipinski definition) is 6. The lowest BCUT2D eigenvalue weighted by Crippen LogP contribution is -2.46. The highest BCUT2D eigenvalue weighted by atomic mass is 32.1. The second kappa shape index (κ2) is 10.6. The van der Waals surface area contributed by atoms with Crippen LogP contribution in [0.25, 0.3) is 11.5 Å². The molecular formula is C23H29N5O2S. The van der Waals surface area contributed by atoms with E-state index < -0.39 is 0 Å². The number of guanidine groups is 1. The molecule has 0 spiro atoms. The number of nitrogens with zero attached hydrogens (tertiary/aromatic N) is 3. The molecule has 7 nitrogen and oxygen atoms in total. The summed E-state index contributed by atoms with van der Waals surface area (Å²) in [5, 5.41) is 8.95. The van der Waals surface area contributed by atoms with Crippen LogP contribution in [-0.4, -0.2) is 55.7 Å². The maximum absolute atomic E-state index is 5.65. The minimum Gasteiger partial charge on any atom is -0.444 e. The molecule has 0 bridgehead atoms. The van der Waals surface area contributed by atoms with Gasteiger partial charge in [0.05, 0.1) is 31.5 Å². The number of ether oxygens (including phenoxy) is 1. The molecule has 0 radical (unpaired) electrons. The predicted molar refractivity (Wildman–Crippen MR) is 124 cm³/mol. The Bertz CT molecular complexity index is 962. The van der Waals surface area contributed by atoms with E-state index >= 15 is 0 Å². The van der Waals surface area contributed by atoms with Crippen molar-refractivity contribution in [3.05, 3.63) is 64.2 Å². The van der Waals surface area contributed by atoms with Crippen molar-refractivity contribution in [2.75, 3.05) is 39.9 Å². The first-order chi connectivity index (χ1) is 15.2. The Labute approximate surface area is 187 Å². The van der Waals surface area contributed by atoms with Gasteiger partial charge in [0, 0.05) is 37.1 Å². The minimum atomic E-state index is 0.294. The van der Waals surface area contributed by atoms with Gasteiger partial charge < -0.3 is 19.8 Å². The molecule has 1 fully saturated rings. The highest BCUT2D eigenvalue weighted by Crippen LogP contribution is 2.25. The number of nitrogens with one attached hydrogen (secondary N) is 2. The van der Waals surface area contributed by atoms with Crippen molar-refractivity contribution in [1.82, 2.24) is 20.5 Å². The lowest BCUT2D eigenvalue weighted by Gasteiger charge is -2.34. The summed E-state index contributed by atoms with van der Waals surface area (Å²) in [7, 11) is 1.78. The molecule has 8 heteroatoms. The Morgan fingerprint density at radius 2 is 2.00 bits per heavy atom. The molecule has 1 aromatic carbocycles. The summed E-state index contributed by atoms with van der Waals surface area (Å²) in [4.78, 5) is 12.8. The van der Waals surface area contributed by atoms with Crippen LogP contribution in [0.5, 0.6) is 0 Å². The van der Waals surface area contributed by atoms with Crippen molar-refractivity contribution >= 4 is 17.3 Å². The maximum Gasteiger partial charge on any atom is 0.226 e. The van der Waals surface area contributed by atoms with Crippen molar-refractivity contribution in [3.63, 3.8) is 0 Å². The van der Waals surface area contributed by atoms with E-state index in [4.69, 9.17) is 9.15 Å².